The molecule has 1 fully saturated rings. The minimum Gasteiger partial charge on any atom is -0.385 e. The van der Waals surface area contributed by atoms with Crippen molar-refractivity contribution in [2.45, 2.75) is 70.9 Å². The van der Waals surface area contributed by atoms with Crippen molar-refractivity contribution in [2.75, 3.05) is 20.3 Å². The van der Waals surface area contributed by atoms with E-state index >= 15 is 0 Å². The first kappa shape index (κ1) is 17.4. The molecule has 1 rings (SSSR count). The first-order valence-electron chi connectivity index (χ1n) is 8.20. The zero-order chi connectivity index (χ0) is 14.8. The van der Waals surface area contributed by atoms with Gasteiger partial charge in [0.1, 0.15) is 0 Å². The monoisotopic (exact) mass is 284 g/mol. The van der Waals surface area contributed by atoms with Gasteiger partial charge in [0.2, 0.25) is 5.91 Å². The van der Waals surface area contributed by atoms with Gasteiger partial charge in [-0.2, -0.15) is 0 Å². The van der Waals surface area contributed by atoms with E-state index in [-0.39, 0.29) is 11.9 Å². The summed E-state index contributed by atoms with van der Waals surface area (Å²) >= 11 is 0. The molecule has 0 saturated heterocycles. The van der Waals surface area contributed by atoms with Gasteiger partial charge in [-0.25, -0.2) is 0 Å². The van der Waals surface area contributed by atoms with Gasteiger partial charge in [-0.05, 0) is 44.9 Å². The molecule has 0 spiro atoms. The van der Waals surface area contributed by atoms with E-state index in [4.69, 9.17) is 4.74 Å². The highest BCUT2D eigenvalue weighted by molar-refractivity contribution is 5.81. The van der Waals surface area contributed by atoms with Gasteiger partial charge in [0.05, 0.1) is 6.04 Å². The zero-order valence-electron chi connectivity index (χ0n) is 13.4. The van der Waals surface area contributed by atoms with Crippen LogP contribution in [-0.2, 0) is 9.53 Å². The smallest absolute Gasteiger partial charge is 0.236 e. The van der Waals surface area contributed by atoms with Gasteiger partial charge in [0.25, 0.3) is 0 Å². The highest BCUT2D eigenvalue weighted by Gasteiger charge is 2.23. The van der Waals surface area contributed by atoms with Crippen LogP contribution in [-0.4, -0.2) is 38.3 Å². The lowest BCUT2D eigenvalue weighted by molar-refractivity contribution is -0.123. The lowest BCUT2D eigenvalue weighted by Gasteiger charge is -2.30. The van der Waals surface area contributed by atoms with Crippen molar-refractivity contribution in [3.63, 3.8) is 0 Å². The third-order valence-corrected chi connectivity index (χ3v) is 4.25. The number of rotatable bonds is 9. The molecule has 2 N–H and O–H groups in total. The van der Waals surface area contributed by atoms with Crippen molar-refractivity contribution >= 4 is 5.91 Å². The molecule has 1 amide bonds. The molecule has 1 unspecified atom stereocenters. The van der Waals surface area contributed by atoms with E-state index in [1.807, 2.05) is 6.92 Å². The number of nitrogens with one attached hydrogen (secondary N) is 2. The highest BCUT2D eigenvalue weighted by atomic mass is 16.5. The quantitative estimate of drug-likeness (QED) is 0.640. The van der Waals surface area contributed by atoms with Crippen LogP contribution in [0.2, 0.25) is 0 Å². The molecule has 0 aliphatic heterocycles. The van der Waals surface area contributed by atoms with Crippen molar-refractivity contribution in [3.05, 3.63) is 0 Å². The first-order chi connectivity index (χ1) is 9.67. The van der Waals surface area contributed by atoms with Crippen LogP contribution in [0.4, 0.5) is 0 Å². The second-order valence-corrected chi connectivity index (χ2v) is 6.03. The molecular formula is C16H32N2O2. The Morgan fingerprint density at radius 1 is 1.30 bits per heavy atom. The van der Waals surface area contributed by atoms with Crippen LogP contribution in [0.1, 0.15) is 58.8 Å². The topological polar surface area (TPSA) is 50.4 Å². The molecule has 1 aliphatic rings. The second kappa shape index (κ2) is 10.2. The zero-order valence-corrected chi connectivity index (χ0v) is 13.4. The Labute approximate surface area is 124 Å². The fourth-order valence-electron chi connectivity index (χ4n) is 3.04. The normalized spacial score (nSPS) is 24.4. The maximum absolute atomic E-state index is 11.9. The Kier molecular flexibility index (Phi) is 8.86. The summed E-state index contributed by atoms with van der Waals surface area (Å²) in [6.45, 7) is 5.62. The number of ether oxygens (including phenoxy) is 1. The van der Waals surface area contributed by atoms with Gasteiger partial charge in [-0.3, -0.25) is 4.79 Å². The number of carbonyl (C=O) groups is 1. The minimum atomic E-state index is -0.0923. The Hall–Kier alpha value is -0.610. The average Bonchev–Trinajstić information content (AvgIpc) is 2.45. The van der Waals surface area contributed by atoms with Gasteiger partial charge in [0, 0.05) is 26.3 Å². The summed E-state index contributed by atoms with van der Waals surface area (Å²) in [5.41, 5.74) is 0. The molecule has 0 aromatic heterocycles. The summed E-state index contributed by atoms with van der Waals surface area (Å²) in [5, 5.41) is 6.43. The van der Waals surface area contributed by atoms with Gasteiger partial charge < -0.3 is 15.4 Å². The van der Waals surface area contributed by atoms with Crippen LogP contribution in [0, 0.1) is 5.92 Å². The van der Waals surface area contributed by atoms with Crippen molar-refractivity contribution in [2.24, 2.45) is 5.92 Å². The number of hydrogen-bond donors (Lipinski definition) is 2. The largest absolute Gasteiger partial charge is 0.385 e. The summed E-state index contributed by atoms with van der Waals surface area (Å²) in [4.78, 5) is 11.9. The molecule has 0 radical (unpaired) electrons. The Morgan fingerprint density at radius 2 is 2.00 bits per heavy atom. The van der Waals surface area contributed by atoms with E-state index in [2.05, 4.69) is 17.6 Å². The third-order valence-electron chi connectivity index (χ3n) is 4.25. The van der Waals surface area contributed by atoms with Crippen LogP contribution in [0.15, 0.2) is 0 Å². The van der Waals surface area contributed by atoms with E-state index in [9.17, 15) is 4.79 Å². The van der Waals surface area contributed by atoms with Gasteiger partial charge in [-0.15, -0.1) is 0 Å². The molecule has 4 nitrogen and oxygen atoms in total. The molecule has 0 aromatic carbocycles. The average molecular weight is 284 g/mol. The van der Waals surface area contributed by atoms with Gasteiger partial charge in [0.15, 0.2) is 0 Å². The molecule has 1 aliphatic carbocycles. The van der Waals surface area contributed by atoms with Crippen LogP contribution in [0.3, 0.4) is 0 Å². The first-order valence-corrected chi connectivity index (χ1v) is 8.20. The molecule has 0 bridgehead atoms. The molecule has 0 aromatic rings. The predicted octanol–water partition coefficient (Wildman–Crippen LogP) is 2.48. The van der Waals surface area contributed by atoms with Crippen LogP contribution in [0.5, 0.6) is 0 Å². The van der Waals surface area contributed by atoms with Crippen molar-refractivity contribution in [3.8, 4) is 0 Å². The maximum atomic E-state index is 11.9. The summed E-state index contributed by atoms with van der Waals surface area (Å²) in [6, 6.07) is 0.424. The maximum Gasteiger partial charge on any atom is 0.236 e. The summed E-state index contributed by atoms with van der Waals surface area (Å²) in [6.07, 6.45) is 8.59. The number of hydrogen-bond acceptors (Lipinski definition) is 3. The summed E-state index contributed by atoms with van der Waals surface area (Å²) < 4.78 is 4.97. The number of carbonyl (C=O) groups excluding carboxylic acids is 1. The number of methoxy groups -OCH3 is 1. The van der Waals surface area contributed by atoms with E-state index in [0.29, 0.717) is 19.2 Å². The Balaban J connectivity index is 2.15. The van der Waals surface area contributed by atoms with E-state index in [0.717, 1.165) is 12.3 Å². The van der Waals surface area contributed by atoms with Crippen LogP contribution in [0.25, 0.3) is 0 Å². The Morgan fingerprint density at radius 3 is 2.60 bits per heavy atom. The minimum absolute atomic E-state index is 0.0923. The fraction of sp³-hybridized carbons (Fsp3) is 0.938. The predicted molar refractivity (Wildman–Crippen MR) is 82.8 cm³/mol. The molecule has 1 atom stereocenters. The molecule has 0 heterocycles. The molecular weight excluding hydrogens is 252 g/mol. The van der Waals surface area contributed by atoms with Crippen LogP contribution >= 0.6 is 0 Å². The molecule has 20 heavy (non-hydrogen) atoms. The lowest BCUT2D eigenvalue weighted by atomic mass is 9.83. The van der Waals surface area contributed by atoms with Crippen LogP contribution < -0.4 is 10.6 Å². The SMILES string of the molecule is CCCC1CCC(NC(C)C(=O)NCCCOC)CC1. The van der Waals surface area contributed by atoms with Gasteiger partial charge in [-0.1, -0.05) is 19.8 Å². The summed E-state index contributed by atoms with van der Waals surface area (Å²) in [5.74, 6) is 1.02. The van der Waals surface area contributed by atoms with Gasteiger partial charge >= 0.3 is 0 Å². The summed E-state index contributed by atoms with van der Waals surface area (Å²) in [7, 11) is 1.68. The lowest BCUT2D eigenvalue weighted by Crippen LogP contribution is -2.47. The molecule has 4 heteroatoms. The molecule has 118 valence electrons. The highest BCUT2D eigenvalue weighted by Crippen LogP contribution is 2.27. The van der Waals surface area contributed by atoms with Crippen molar-refractivity contribution < 1.29 is 9.53 Å². The number of amides is 1. The Bertz CT molecular complexity index is 263. The molecule has 1 saturated carbocycles. The van der Waals surface area contributed by atoms with Crippen molar-refractivity contribution in [1.29, 1.82) is 0 Å². The fourth-order valence-corrected chi connectivity index (χ4v) is 3.04. The van der Waals surface area contributed by atoms with E-state index in [1.54, 1.807) is 7.11 Å². The second-order valence-electron chi connectivity index (χ2n) is 6.03. The van der Waals surface area contributed by atoms with E-state index in [1.165, 1.54) is 38.5 Å². The standard InChI is InChI=1S/C16H32N2O2/c1-4-6-14-7-9-15(10-8-14)18-13(2)16(19)17-11-5-12-20-3/h13-15,18H,4-12H2,1-3H3,(H,17,19). The van der Waals surface area contributed by atoms with Crippen molar-refractivity contribution in [1.82, 2.24) is 10.6 Å². The third kappa shape index (κ3) is 6.71. The van der Waals surface area contributed by atoms with E-state index < -0.39 is 0 Å².